The summed E-state index contributed by atoms with van der Waals surface area (Å²) in [7, 11) is 3.16. The lowest BCUT2D eigenvalue weighted by atomic mass is 10.1. The van der Waals surface area contributed by atoms with Crippen LogP contribution >= 0.6 is 0 Å². The van der Waals surface area contributed by atoms with Gasteiger partial charge >= 0.3 is 0 Å². The third-order valence-electron chi connectivity index (χ3n) is 4.13. The molecule has 0 unspecified atom stereocenters. The second-order valence-corrected chi connectivity index (χ2v) is 5.84. The molecule has 0 aliphatic carbocycles. The monoisotopic (exact) mass is 362 g/mol. The van der Waals surface area contributed by atoms with E-state index in [1.54, 1.807) is 37.3 Å². The van der Waals surface area contributed by atoms with Gasteiger partial charge in [-0.25, -0.2) is 0 Å². The number of fused-ring (bicyclic) bond motifs is 1. The lowest BCUT2D eigenvalue weighted by molar-refractivity contribution is -0.136. The normalized spacial score (nSPS) is 12.8. The summed E-state index contributed by atoms with van der Waals surface area (Å²) in [4.78, 5) is 27.5. The molecule has 26 heavy (non-hydrogen) atoms. The van der Waals surface area contributed by atoms with Crippen molar-refractivity contribution >= 4 is 17.9 Å². The van der Waals surface area contributed by atoms with E-state index in [2.05, 4.69) is 0 Å². The lowest BCUT2D eigenvalue weighted by Gasteiger charge is -2.22. The quantitative estimate of drug-likeness (QED) is 0.692. The van der Waals surface area contributed by atoms with E-state index < -0.39 is 0 Å². The van der Waals surface area contributed by atoms with Crippen LogP contribution in [0.15, 0.2) is 18.2 Å². The van der Waals surface area contributed by atoms with Crippen molar-refractivity contribution in [3.63, 3.8) is 0 Å². The predicted octanol–water partition coefficient (Wildman–Crippen LogP) is 1.81. The van der Waals surface area contributed by atoms with E-state index in [-0.39, 0.29) is 18.4 Å². The van der Waals surface area contributed by atoms with Crippen LogP contribution in [0.1, 0.15) is 19.4 Å². The molecule has 2 rings (SSSR count). The lowest BCUT2D eigenvalue weighted by Crippen LogP contribution is -2.40. The molecular weight excluding hydrogens is 336 g/mol. The molecule has 142 valence electrons. The SMILES string of the molecule is CCN(CC)C(=O)CN(C)C(=O)/C=C\c1cc(OC)c2c(c1)OCCO2. The Balaban J connectivity index is 2.06. The number of ether oxygens (including phenoxy) is 3. The van der Waals surface area contributed by atoms with Gasteiger partial charge in [-0.05, 0) is 37.6 Å². The van der Waals surface area contributed by atoms with Crippen LogP contribution < -0.4 is 14.2 Å². The molecule has 0 saturated carbocycles. The number of hydrogen-bond donors (Lipinski definition) is 0. The summed E-state index contributed by atoms with van der Waals surface area (Å²) in [5.41, 5.74) is 0.753. The van der Waals surface area contributed by atoms with Gasteiger partial charge in [-0.3, -0.25) is 9.59 Å². The van der Waals surface area contributed by atoms with E-state index >= 15 is 0 Å². The third-order valence-corrected chi connectivity index (χ3v) is 4.13. The van der Waals surface area contributed by atoms with Crippen molar-refractivity contribution in [2.45, 2.75) is 13.8 Å². The minimum absolute atomic E-state index is 0.0509. The maximum Gasteiger partial charge on any atom is 0.246 e. The zero-order chi connectivity index (χ0) is 19.1. The van der Waals surface area contributed by atoms with Crippen molar-refractivity contribution in [3.05, 3.63) is 23.8 Å². The van der Waals surface area contributed by atoms with Crippen molar-refractivity contribution in [3.8, 4) is 17.2 Å². The van der Waals surface area contributed by atoms with Crippen molar-refractivity contribution < 1.29 is 23.8 Å². The van der Waals surface area contributed by atoms with Crippen LogP contribution in [0.5, 0.6) is 17.2 Å². The van der Waals surface area contributed by atoms with E-state index in [0.717, 1.165) is 5.56 Å². The molecule has 0 aromatic heterocycles. The zero-order valence-electron chi connectivity index (χ0n) is 15.8. The molecule has 0 atom stereocenters. The molecular formula is C19H26N2O5. The molecule has 1 aromatic carbocycles. The summed E-state index contributed by atoms with van der Waals surface area (Å²) in [5, 5.41) is 0. The average molecular weight is 362 g/mol. The first-order valence-electron chi connectivity index (χ1n) is 8.68. The van der Waals surface area contributed by atoms with Crippen molar-refractivity contribution in [1.82, 2.24) is 9.80 Å². The molecule has 0 spiro atoms. The maximum absolute atomic E-state index is 12.3. The van der Waals surface area contributed by atoms with Crippen LogP contribution in [0, 0.1) is 0 Å². The van der Waals surface area contributed by atoms with Crippen LogP contribution in [-0.2, 0) is 9.59 Å². The second-order valence-electron chi connectivity index (χ2n) is 5.84. The highest BCUT2D eigenvalue weighted by molar-refractivity contribution is 5.94. The number of rotatable bonds is 7. The number of carbonyl (C=O) groups is 2. The minimum atomic E-state index is -0.251. The summed E-state index contributed by atoms with van der Waals surface area (Å²) in [6, 6.07) is 3.57. The molecule has 0 radical (unpaired) electrons. The van der Waals surface area contributed by atoms with Crippen LogP contribution in [0.3, 0.4) is 0 Å². The van der Waals surface area contributed by atoms with Crippen molar-refractivity contribution in [2.75, 3.05) is 47.0 Å². The van der Waals surface area contributed by atoms with E-state index in [4.69, 9.17) is 14.2 Å². The molecule has 7 heteroatoms. The molecule has 0 bridgehead atoms. The Bertz CT molecular complexity index is 666. The predicted molar refractivity (Wildman–Crippen MR) is 98.6 cm³/mol. The van der Waals surface area contributed by atoms with Crippen molar-refractivity contribution in [2.24, 2.45) is 0 Å². The van der Waals surface area contributed by atoms with Crippen molar-refractivity contribution in [1.29, 1.82) is 0 Å². The third kappa shape index (κ3) is 4.68. The highest BCUT2D eigenvalue weighted by Gasteiger charge is 2.18. The summed E-state index contributed by atoms with van der Waals surface area (Å²) in [6.45, 7) is 6.08. The van der Waals surface area contributed by atoms with Crippen LogP contribution in [0.2, 0.25) is 0 Å². The number of likely N-dealkylation sites (N-methyl/N-ethyl adjacent to an activating group) is 2. The Kier molecular flexibility index (Phi) is 6.89. The minimum Gasteiger partial charge on any atom is -0.493 e. The molecule has 0 saturated heterocycles. The first-order valence-corrected chi connectivity index (χ1v) is 8.68. The molecule has 0 fully saturated rings. The number of amides is 2. The summed E-state index contributed by atoms with van der Waals surface area (Å²) in [6.07, 6.45) is 3.10. The summed E-state index contributed by atoms with van der Waals surface area (Å²) >= 11 is 0. The van der Waals surface area contributed by atoms with Gasteiger partial charge in [0.05, 0.1) is 13.7 Å². The second kappa shape index (κ2) is 9.12. The van der Waals surface area contributed by atoms with Gasteiger partial charge < -0.3 is 24.0 Å². The molecule has 1 aliphatic heterocycles. The fraction of sp³-hybridized carbons (Fsp3) is 0.474. The topological polar surface area (TPSA) is 68.3 Å². The Morgan fingerprint density at radius 2 is 1.88 bits per heavy atom. The number of hydrogen-bond acceptors (Lipinski definition) is 5. The maximum atomic E-state index is 12.3. The number of benzene rings is 1. The Morgan fingerprint density at radius 3 is 2.54 bits per heavy atom. The van der Waals surface area contributed by atoms with E-state index in [0.29, 0.717) is 43.6 Å². The van der Waals surface area contributed by atoms with Gasteiger partial charge in [0.2, 0.25) is 17.6 Å². The van der Waals surface area contributed by atoms with Gasteiger partial charge in [-0.1, -0.05) is 0 Å². The molecule has 2 amide bonds. The largest absolute Gasteiger partial charge is 0.493 e. The Hall–Kier alpha value is -2.70. The molecule has 1 aromatic rings. The smallest absolute Gasteiger partial charge is 0.246 e. The van der Waals surface area contributed by atoms with Gasteiger partial charge in [0.25, 0.3) is 0 Å². The number of nitrogens with zero attached hydrogens (tertiary/aromatic N) is 2. The van der Waals surface area contributed by atoms with Gasteiger partial charge in [-0.2, -0.15) is 0 Å². The highest BCUT2D eigenvalue weighted by atomic mass is 16.6. The standard InChI is InChI=1S/C19H26N2O5/c1-5-21(6-2)18(23)13-20(3)17(22)8-7-14-11-15(24-4)19-16(12-14)25-9-10-26-19/h7-8,11-12H,5-6,9-10,13H2,1-4H3/b8-7-. The van der Waals surface area contributed by atoms with Gasteiger partial charge in [0.15, 0.2) is 11.5 Å². The fourth-order valence-electron chi connectivity index (χ4n) is 2.64. The van der Waals surface area contributed by atoms with Gasteiger partial charge in [0.1, 0.15) is 13.2 Å². The first-order chi connectivity index (χ1) is 12.5. The fourth-order valence-corrected chi connectivity index (χ4v) is 2.64. The highest BCUT2D eigenvalue weighted by Crippen LogP contribution is 2.40. The number of methoxy groups -OCH3 is 1. The molecule has 1 aliphatic rings. The van der Waals surface area contributed by atoms with E-state index in [9.17, 15) is 9.59 Å². The molecule has 7 nitrogen and oxygen atoms in total. The van der Waals surface area contributed by atoms with Crippen LogP contribution in [0.4, 0.5) is 0 Å². The van der Waals surface area contributed by atoms with Crippen LogP contribution in [0.25, 0.3) is 6.08 Å². The van der Waals surface area contributed by atoms with Gasteiger partial charge in [-0.15, -0.1) is 0 Å². The molecule has 0 N–H and O–H groups in total. The summed E-state index contributed by atoms with van der Waals surface area (Å²) in [5.74, 6) is 1.40. The Labute approximate surface area is 154 Å². The van der Waals surface area contributed by atoms with Crippen LogP contribution in [-0.4, -0.2) is 68.6 Å². The molecule has 1 heterocycles. The number of carbonyl (C=O) groups excluding carboxylic acids is 2. The Morgan fingerprint density at radius 1 is 1.19 bits per heavy atom. The first kappa shape index (κ1) is 19.6. The van der Waals surface area contributed by atoms with E-state index in [1.807, 2.05) is 13.8 Å². The summed E-state index contributed by atoms with van der Waals surface area (Å²) < 4.78 is 16.5. The van der Waals surface area contributed by atoms with E-state index in [1.165, 1.54) is 11.0 Å². The van der Waals surface area contributed by atoms with Gasteiger partial charge in [0, 0.05) is 26.2 Å². The zero-order valence-corrected chi connectivity index (χ0v) is 15.8. The average Bonchev–Trinajstić information content (AvgIpc) is 2.66.